The van der Waals surface area contributed by atoms with E-state index >= 15 is 0 Å². The van der Waals surface area contributed by atoms with E-state index in [0.29, 0.717) is 5.56 Å². The van der Waals surface area contributed by atoms with Gasteiger partial charge in [-0.05, 0) is 43.2 Å². The lowest BCUT2D eigenvalue weighted by Crippen LogP contribution is -2.28. The van der Waals surface area contributed by atoms with Crippen LogP contribution in [0.1, 0.15) is 22.8 Å². The van der Waals surface area contributed by atoms with E-state index in [2.05, 4.69) is 22.2 Å². The number of allylic oxidation sites excluding steroid dienone is 2. The van der Waals surface area contributed by atoms with Crippen LogP contribution in [0, 0.1) is 11.8 Å². The van der Waals surface area contributed by atoms with E-state index in [1.165, 1.54) is 4.90 Å². The Labute approximate surface area is 141 Å². The van der Waals surface area contributed by atoms with Gasteiger partial charge in [0.15, 0.2) is 0 Å². The molecule has 0 saturated carbocycles. The van der Waals surface area contributed by atoms with Gasteiger partial charge in [0.2, 0.25) is 0 Å². The van der Waals surface area contributed by atoms with E-state index < -0.39 is 6.67 Å². The topological polar surface area (TPSA) is 44.7 Å². The molecule has 1 aliphatic rings. The van der Waals surface area contributed by atoms with Crippen molar-refractivity contribution in [3.05, 3.63) is 58.8 Å². The fraction of sp³-hybridized carbons (Fsp3) is 0.263. The Morgan fingerprint density at radius 3 is 2.58 bits per heavy atom. The van der Waals surface area contributed by atoms with Gasteiger partial charge in [-0.2, -0.15) is 0 Å². The highest BCUT2D eigenvalue weighted by atomic mass is 19.1. The summed E-state index contributed by atoms with van der Waals surface area (Å²) < 4.78 is 12.3. The molecule has 0 spiro atoms. The molecule has 4 nitrogen and oxygen atoms in total. The molecule has 1 aliphatic heterocycles. The maximum Gasteiger partial charge on any atom is 0.253 e. The second-order valence-corrected chi connectivity index (χ2v) is 5.24. The fourth-order valence-electron chi connectivity index (χ4n) is 2.22. The smallest absolute Gasteiger partial charge is 0.253 e. The molecule has 0 atom stereocenters. The average molecular weight is 325 g/mol. The Hall–Kier alpha value is -2.87. The first-order chi connectivity index (χ1) is 11.6. The minimum absolute atomic E-state index is 0.0921. The number of amidine groups is 1. The summed E-state index contributed by atoms with van der Waals surface area (Å²) in [6.45, 7) is 1.49. The standard InChI is InChI=1S/C19H20FN3O/c1-4-15-13-17(22-18(15)21-2)10-7-14-5-8-16(9-6-14)19(24)23(3)12-11-20/h4-6,8-9,13H,11-12H2,1-3H3,(H,21,22)/b15-4-. The first-order valence-corrected chi connectivity index (χ1v) is 7.64. The van der Waals surface area contributed by atoms with E-state index in [0.717, 1.165) is 22.7 Å². The fourth-order valence-corrected chi connectivity index (χ4v) is 2.22. The van der Waals surface area contributed by atoms with E-state index in [-0.39, 0.29) is 12.5 Å². The summed E-state index contributed by atoms with van der Waals surface area (Å²) >= 11 is 0. The number of nitrogens with zero attached hydrogens (tertiary/aromatic N) is 2. The van der Waals surface area contributed by atoms with Gasteiger partial charge in [0.25, 0.3) is 5.91 Å². The van der Waals surface area contributed by atoms with Gasteiger partial charge >= 0.3 is 0 Å². The van der Waals surface area contributed by atoms with Crippen molar-refractivity contribution in [1.82, 2.24) is 10.2 Å². The number of alkyl halides is 1. The van der Waals surface area contributed by atoms with Crippen molar-refractivity contribution < 1.29 is 9.18 Å². The maximum absolute atomic E-state index is 12.3. The zero-order chi connectivity index (χ0) is 17.5. The molecule has 1 N–H and O–H groups in total. The third kappa shape index (κ3) is 4.11. The summed E-state index contributed by atoms with van der Waals surface area (Å²) in [6.07, 6.45) is 3.91. The summed E-state index contributed by atoms with van der Waals surface area (Å²) in [5, 5.41) is 3.14. The number of aliphatic imine (C=N–C) groups is 1. The van der Waals surface area contributed by atoms with Gasteiger partial charge in [0.05, 0.1) is 5.70 Å². The lowest BCUT2D eigenvalue weighted by Gasteiger charge is -2.14. The number of hydrogen-bond donors (Lipinski definition) is 1. The van der Waals surface area contributed by atoms with Crippen LogP contribution in [-0.2, 0) is 0 Å². The number of carbonyl (C=O) groups excluding carboxylic acids is 1. The number of hydrogen-bond acceptors (Lipinski definition) is 2. The van der Waals surface area contributed by atoms with Crippen LogP contribution in [0.4, 0.5) is 4.39 Å². The van der Waals surface area contributed by atoms with E-state index in [1.807, 2.05) is 19.1 Å². The molecule has 0 radical (unpaired) electrons. The van der Waals surface area contributed by atoms with Gasteiger partial charge in [0, 0.05) is 37.3 Å². The quantitative estimate of drug-likeness (QED) is 0.868. The molecule has 124 valence electrons. The first-order valence-electron chi connectivity index (χ1n) is 7.64. The van der Waals surface area contributed by atoms with Crippen molar-refractivity contribution >= 4 is 11.7 Å². The monoisotopic (exact) mass is 325 g/mol. The lowest BCUT2D eigenvalue weighted by molar-refractivity contribution is 0.0786. The summed E-state index contributed by atoms with van der Waals surface area (Å²) in [4.78, 5) is 17.6. The van der Waals surface area contributed by atoms with Crippen LogP contribution >= 0.6 is 0 Å². The predicted octanol–water partition coefficient (Wildman–Crippen LogP) is 2.54. The van der Waals surface area contributed by atoms with Crippen molar-refractivity contribution in [2.45, 2.75) is 6.92 Å². The second-order valence-electron chi connectivity index (χ2n) is 5.24. The SMILES string of the molecule is C/C=C1/C=C(C#Cc2ccc(C(=O)N(C)CCF)cc2)N/C1=N/C. The normalized spacial score (nSPS) is 16.4. The van der Waals surface area contributed by atoms with Gasteiger partial charge < -0.3 is 10.2 Å². The average Bonchev–Trinajstić information content (AvgIpc) is 3.02. The number of halogens is 1. The Bertz CT molecular complexity index is 764. The van der Waals surface area contributed by atoms with Crippen molar-refractivity contribution in [2.75, 3.05) is 27.3 Å². The van der Waals surface area contributed by atoms with Gasteiger partial charge in [-0.25, -0.2) is 4.39 Å². The molecule has 1 aromatic rings. The van der Waals surface area contributed by atoms with Crippen LogP contribution < -0.4 is 5.32 Å². The van der Waals surface area contributed by atoms with Crippen LogP contribution in [0.25, 0.3) is 0 Å². The van der Waals surface area contributed by atoms with Gasteiger partial charge in [-0.15, -0.1) is 0 Å². The van der Waals surface area contributed by atoms with Crippen molar-refractivity contribution in [1.29, 1.82) is 0 Å². The van der Waals surface area contributed by atoms with Gasteiger partial charge in [0.1, 0.15) is 12.5 Å². The molecule has 5 heteroatoms. The predicted molar refractivity (Wildman–Crippen MR) is 94.6 cm³/mol. The number of nitrogens with one attached hydrogen (secondary N) is 1. The highest BCUT2D eigenvalue weighted by Crippen LogP contribution is 2.11. The van der Waals surface area contributed by atoms with Crippen LogP contribution in [0.3, 0.4) is 0 Å². The highest BCUT2D eigenvalue weighted by molar-refractivity contribution is 6.05. The maximum atomic E-state index is 12.3. The van der Waals surface area contributed by atoms with Crippen LogP contribution in [0.2, 0.25) is 0 Å². The van der Waals surface area contributed by atoms with Gasteiger partial charge in [-0.1, -0.05) is 12.0 Å². The number of rotatable bonds is 3. The van der Waals surface area contributed by atoms with E-state index in [1.54, 1.807) is 38.4 Å². The second kappa shape index (κ2) is 8.11. The summed E-state index contributed by atoms with van der Waals surface area (Å²) in [5.74, 6) is 6.70. The third-order valence-electron chi connectivity index (χ3n) is 3.60. The Morgan fingerprint density at radius 1 is 1.33 bits per heavy atom. The largest absolute Gasteiger partial charge is 0.339 e. The zero-order valence-corrected chi connectivity index (χ0v) is 14.1. The molecule has 0 aliphatic carbocycles. The van der Waals surface area contributed by atoms with Gasteiger partial charge in [-0.3, -0.25) is 9.79 Å². The Balaban J connectivity index is 2.10. The number of benzene rings is 1. The molecule has 0 fully saturated rings. The van der Waals surface area contributed by atoms with Crippen LogP contribution in [0.15, 0.2) is 52.7 Å². The van der Waals surface area contributed by atoms with Crippen molar-refractivity contribution in [2.24, 2.45) is 4.99 Å². The molecule has 1 heterocycles. The molecule has 0 saturated heterocycles. The molecule has 1 amide bonds. The zero-order valence-electron chi connectivity index (χ0n) is 14.1. The first kappa shape index (κ1) is 17.5. The molecule has 24 heavy (non-hydrogen) atoms. The molecule has 0 aromatic heterocycles. The van der Waals surface area contributed by atoms with Crippen molar-refractivity contribution in [3.8, 4) is 11.8 Å². The highest BCUT2D eigenvalue weighted by Gasteiger charge is 2.13. The minimum atomic E-state index is -0.550. The Kier molecular flexibility index (Phi) is 5.91. The molecule has 1 aromatic carbocycles. The summed E-state index contributed by atoms with van der Waals surface area (Å²) in [7, 11) is 3.31. The molecular weight excluding hydrogens is 305 g/mol. The Morgan fingerprint density at radius 2 is 2.04 bits per heavy atom. The lowest BCUT2D eigenvalue weighted by atomic mass is 10.1. The third-order valence-corrected chi connectivity index (χ3v) is 3.60. The van der Waals surface area contributed by atoms with Crippen molar-refractivity contribution in [3.63, 3.8) is 0 Å². The molecule has 2 rings (SSSR count). The van der Waals surface area contributed by atoms with E-state index in [4.69, 9.17) is 0 Å². The van der Waals surface area contributed by atoms with Crippen LogP contribution in [-0.4, -0.2) is 44.0 Å². The summed E-state index contributed by atoms with van der Waals surface area (Å²) in [6, 6.07) is 6.97. The molecular formula is C19H20FN3O. The number of amides is 1. The molecule has 0 unspecified atom stereocenters. The number of carbonyl (C=O) groups is 1. The molecule has 0 bridgehead atoms. The minimum Gasteiger partial charge on any atom is -0.339 e. The van der Waals surface area contributed by atoms with E-state index in [9.17, 15) is 9.18 Å². The van der Waals surface area contributed by atoms with Crippen LogP contribution in [0.5, 0.6) is 0 Å². The summed E-state index contributed by atoms with van der Waals surface area (Å²) in [5.41, 5.74) is 3.11.